The predicted octanol–water partition coefficient (Wildman–Crippen LogP) is 2.64. The van der Waals surface area contributed by atoms with Crippen molar-refractivity contribution in [3.8, 4) is 0 Å². The van der Waals surface area contributed by atoms with Crippen LogP contribution in [-0.4, -0.2) is 36.3 Å². The highest BCUT2D eigenvalue weighted by Gasteiger charge is 2.42. The minimum absolute atomic E-state index is 0.176. The van der Waals surface area contributed by atoms with Crippen molar-refractivity contribution in [2.24, 2.45) is 11.8 Å². The summed E-state index contributed by atoms with van der Waals surface area (Å²) in [5.74, 6) is 2.31. The number of rotatable bonds is 2. The lowest BCUT2D eigenvalue weighted by molar-refractivity contribution is 0.133. The smallest absolute Gasteiger partial charge is 0.149 e. The van der Waals surface area contributed by atoms with E-state index in [9.17, 15) is 5.11 Å². The second-order valence-electron chi connectivity index (χ2n) is 5.35. The largest absolute Gasteiger partial charge is 0.393 e. The maximum absolute atomic E-state index is 9.96. The number of nitrogens with one attached hydrogen (secondary N) is 1. The number of halogens is 2. The van der Waals surface area contributed by atoms with E-state index in [1.54, 1.807) is 13.1 Å². The summed E-state index contributed by atoms with van der Waals surface area (Å²) in [6, 6.07) is 1.72. The van der Waals surface area contributed by atoms with Crippen LogP contribution in [0, 0.1) is 11.8 Å². The van der Waals surface area contributed by atoms with Crippen LogP contribution in [0.3, 0.4) is 0 Å². The van der Waals surface area contributed by atoms with Gasteiger partial charge in [-0.1, -0.05) is 23.2 Å². The Hall–Kier alpha value is -0.710. The summed E-state index contributed by atoms with van der Waals surface area (Å²) in [4.78, 5) is 6.66. The van der Waals surface area contributed by atoms with E-state index < -0.39 is 0 Å². The molecule has 4 nitrogen and oxygen atoms in total. The van der Waals surface area contributed by atoms with Gasteiger partial charge in [-0.2, -0.15) is 0 Å². The first kappa shape index (κ1) is 13.3. The summed E-state index contributed by atoms with van der Waals surface area (Å²) >= 11 is 12.3. The Morgan fingerprint density at radius 1 is 1.32 bits per heavy atom. The van der Waals surface area contributed by atoms with Crippen LogP contribution in [0.4, 0.5) is 11.6 Å². The molecule has 6 heteroatoms. The summed E-state index contributed by atoms with van der Waals surface area (Å²) in [6.07, 6.45) is 1.84. The Morgan fingerprint density at radius 3 is 2.79 bits per heavy atom. The molecule has 2 N–H and O–H groups in total. The summed E-state index contributed by atoms with van der Waals surface area (Å²) in [5, 5.41) is 14.0. The van der Waals surface area contributed by atoms with Crippen LogP contribution in [0.1, 0.15) is 12.8 Å². The van der Waals surface area contributed by atoms with Crippen molar-refractivity contribution >= 4 is 34.8 Å². The average molecular weight is 302 g/mol. The van der Waals surface area contributed by atoms with E-state index >= 15 is 0 Å². The second-order valence-corrected chi connectivity index (χ2v) is 6.16. The number of hydrogen-bond donors (Lipinski definition) is 2. The van der Waals surface area contributed by atoms with Crippen LogP contribution >= 0.6 is 23.2 Å². The molecule has 0 amide bonds. The molecular weight excluding hydrogens is 285 g/mol. The number of nitrogens with zero attached hydrogens (tertiary/aromatic N) is 2. The molecule has 0 spiro atoms. The molecule has 0 radical (unpaired) electrons. The Morgan fingerprint density at radius 2 is 2.11 bits per heavy atom. The third kappa shape index (κ3) is 2.26. The molecule has 3 rings (SSSR count). The topological polar surface area (TPSA) is 48.4 Å². The SMILES string of the molecule is CNc1nc(N2CC3CCC(O)C3C2)c(Cl)cc1Cl. The Bertz CT molecular complexity index is 497. The molecule has 1 saturated carbocycles. The molecule has 1 aliphatic carbocycles. The number of anilines is 2. The van der Waals surface area contributed by atoms with Crippen molar-refractivity contribution < 1.29 is 5.11 Å². The van der Waals surface area contributed by atoms with Crippen LogP contribution < -0.4 is 10.2 Å². The third-order valence-electron chi connectivity index (χ3n) is 4.27. The van der Waals surface area contributed by atoms with Gasteiger partial charge in [0.05, 0.1) is 16.1 Å². The van der Waals surface area contributed by atoms with Gasteiger partial charge in [0.25, 0.3) is 0 Å². The van der Waals surface area contributed by atoms with Gasteiger partial charge in [0.1, 0.15) is 11.6 Å². The number of hydrogen-bond acceptors (Lipinski definition) is 4. The van der Waals surface area contributed by atoms with Crippen molar-refractivity contribution in [2.75, 3.05) is 30.4 Å². The fraction of sp³-hybridized carbons (Fsp3) is 0.615. The summed E-state index contributed by atoms with van der Waals surface area (Å²) in [7, 11) is 1.79. The van der Waals surface area contributed by atoms with Crippen molar-refractivity contribution in [3.63, 3.8) is 0 Å². The Kier molecular flexibility index (Phi) is 3.50. The first-order valence-corrected chi connectivity index (χ1v) is 7.32. The first-order valence-electron chi connectivity index (χ1n) is 6.57. The zero-order valence-electron chi connectivity index (χ0n) is 10.7. The molecule has 3 unspecified atom stereocenters. The van der Waals surface area contributed by atoms with Crippen LogP contribution in [0.5, 0.6) is 0 Å². The molecule has 1 aromatic rings. The molecular formula is C13H17Cl2N3O. The number of fused-ring (bicyclic) bond motifs is 1. The molecule has 104 valence electrons. The lowest BCUT2D eigenvalue weighted by Gasteiger charge is -2.21. The van der Waals surface area contributed by atoms with E-state index in [1.165, 1.54) is 0 Å². The fourth-order valence-corrected chi connectivity index (χ4v) is 3.84. The summed E-state index contributed by atoms with van der Waals surface area (Å²) in [6.45, 7) is 1.74. The maximum Gasteiger partial charge on any atom is 0.149 e. The number of aliphatic hydroxyl groups is 1. The monoisotopic (exact) mass is 301 g/mol. The quantitative estimate of drug-likeness (QED) is 0.882. The second kappa shape index (κ2) is 5.00. The van der Waals surface area contributed by atoms with E-state index in [2.05, 4.69) is 15.2 Å². The lowest BCUT2D eigenvalue weighted by Crippen LogP contribution is -2.25. The predicted molar refractivity (Wildman–Crippen MR) is 78.2 cm³/mol. The van der Waals surface area contributed by atoms with Crippen molar-refractivity contribution in [3.05, 3.63) is 16.1 Å². The van der Waals surface area contributed by atoms with Gasteiger partial charge >= 0.3 is 0 Å². The highest BCUT2D eigenvalue weighted by molar-refractivity contribution is 6.37. The molecule has 0 aromatic carbocycles. The van der Waals surface area contributed by atoms with Crippen LogP contribution in [0.15, 0.2) is 6.07 Å². The average Bonchev–Trinajstić information content (AvgIpc) is 2.92. The number of aromatic nitrogens is 1. The normalized spacial score (nSPS) is 29.7. The molecule has 3 atom stereocenters. The summed E-state index contributed by atoms with van der Waals surface area (Å²) < 4.78 is 0. The van der Waals surface area contributed by atoms with Crippen LogP contribution in [0.25, 0.3) is 0 Å². The van der Waals surface area contributed by atoms with Gasteiger partial charge in [-0.25, -0.2) is 4.98 Å². The summed E-state index contributed by atoms with van der Waals surface area (Å²) in [5.41, 5.74) is 0. The van der Waals surface area contributed by atoms with Gasteiger partial charge in [0, 0.05) is 26.1 Å². The van der Waals surface area contributed by atoms with Crippen molar-refractivity contribution in [1.29, 1.82) is 0 Å². The molecule has 1 saturated heterocycles. The molecule has 1 aromatic heterocycles. The zero-order valence-corrected chi connectivity index (χ0v) is 12.2. The molecule has 2 heterocycles. The zero-order chi connectivity index (χ0) is 13.6. The van der Waals surface area contributed by atoms with Gasteiger partial charge in [-0.05, 0) is 24.8 Å². The maximum atomic E-state index is 9.96. The van der Waals surface area contributed by atoms with Crippen molar-refractivity contribution in [1.82, 2.24) is 4.98 Å². The fourth-order valence-electron chi connectivity index (χ4n) is 3.26. The molecule has 0 bridgehead atoms. The number of aliphatic hydroxyl groups excluding tert-OH is 1. The molecule has 2 aliphatic rings. The van der Waals surface area contributed by atoms with E-state index in [0.29, 0.717) is 27.7 Å². The highest BCUT2D eigenvalue weighted by Crippen LogP contribution is 2.41. The van der Waals surface area contributed by atoms with Gasteiger partial charge in [-0.15, -0.1) is 0 Å². The molecule has 1 aliphatic heterocycles. The minimum atomic E-state index is -0.176. The third-order valence-corrected chi connectivity index (χ3v) is 4.83. The van der Waals surface area contributed by atoms with E-state index in [-0.39, 0.29) is 6.10 Å². The van der Waals surface area contributed by atoms with Crippen LogP contribution in [-0.2, 0) is 0 Å². The lowest BCUT2D eigenvalue weighted by atomic mass is 10.00. The van der Waals surface area contributed by atoms with Gasteiger partial charge in [0.2, 0.25) is 0 Å². The standard InChI is InChI=1S/C13H17Cl2N3O/c1-16-12-9(14)4-10(15)13(17-12)18-5-7-2-3-11(19)8(7)6-18/h4,7-8,11,19H,2-3,5-6H2,1H3,(H,16,17). The highest BCUT2D eigenvalue weighted by atomic mass is 35.5. The van der Waals surface area contributed by atoms with E-state index in [4.69, 9.17) is 23.2 Å². The van der Waals surface area contributed by atoms with E-state index in [1.807, 2.05) is 0 Å². The molecule has 19 heavy (non-hydrogen) atoms. The van der Waals surface area contributed by atoms with Gasteiger partial charge in [0.15, 0.2) is 0 Å². The van der Waals surface area contributed by atoms with Gasteiger partial charge in [-0.3, -0.25) is 0 Å². The minimum Gasteiger partial charge on any atom is -0.393 e. The van der Waals surface area contributed by atoms with Crippen molar-refractivity contribution in [2.45, 2.75) is 18.9 Å². The Labute approximate surface area is 122 Å². The molecule has 2 fully saturated rings. The number of pyridine rings is 1. The first-order chi connectivity index (χ1) is 9.10. The van der Waals surface area contributed by atoms with E-state index in [0.717, 1.165) is 31.7 Å². The van der Waals surface area contributed by atoms with Crippen LogP contribution in [0.2, 0.25) is 10.0 Å². The van der Waals surface area contributed by atoms with Gasteiger partial charge < -0.3 is 15.3 Å². The Balaban J connectivity index is 1.87.